The predicted molar refractivity (Wildman–Crippen MR) is 130 cm³/mol. The number of hydrogen-bond donors (Lipinski definition) is 4. The second-order valence-electron chi connectivity index (χ2n) is 9.13. The summed E-state index contributed by atoms with van der Waals surface area (Å²) in [6.45, 7) is 18.4. The molecule has 0 bridgehead atoms. The van der Waals surface area contributed by atoms with E-state index in [-0.39, 0.29) is 11.5 Å². The smallest absolute Gasteiger partial charge is 0.0694 e. The van der Waals surface area contributed by atoms with Crippen LogP contribution in [0, 0.1) is 5.41 Å². The van der Waals surface area contributed by atoms with Crippen LogP contribution in [-0.4, -0.2) is 17.6 Å². The number of H-pyrrole nitrogens is 1. The van der Waals surface area contributed by atoms with Gasteiger partial charge in [0, 0.05) is 41.6 Å². The fourth-order valence-electron chi connectivity index (χ4n) is 4.17. The Bertz CT molecular complexity index is 1030. The molecule has 1 atom stereocenters. The highest BCUT2D eigenvalue weighted by molar-refractivity contribution is 5.64. The third-order valence-electron chi connectivity index (χ3n) is 5.81. The first-order valence-corrected chi connectivity index (χ1v) is 10.8. The zero-order valence-corrected chi connectivity index (χ0v) is 18.9. The topological polar surface area (TPSA) is 65.9 Å². The molecule has 0 saturated heterocycles. The molecule has 0 aliphatic heterocycles. The first kappa shape index (κ1) is 21.8. The van der Waals surface area contributed by atoms with E-state index in [1.807, 2.05) is 24.3 Å². The lowest BCUT2D eigenvalue weighted by Gasteiger charge is -2.25. The number of anilines is 1. The maximum Gasteiger partial charge on any atom is 0.0694 e. The zero-order valence-electron chi connectivity index (χ0n) is 18.9. The number of fused-ring (bicyclic) bond motifs is 1. The number of nitrogens with one attached hydrogen (secondary N) is 3. The number of hydrogen-bond acceptors (Lipinski definition) is 3. The number of aromatic amines is 1. The third kappa shape index (κ3) is 4.81. The van der Waals surface area contributed by atoms with E-state index in [1.54, 1.807) is 0 Å². The number of likely N-dealkylation sites (N-methyl/N-ethyl adjacent to an activating group) is 1. The molecular weight excluding hydrogens is 368 g/mol. The zero-order chi connectivity index (χ0) is 21.9. The molecule has 1 unspecified atom stereocenters. The lowest BCUT2D eigenvalue weighted by atomic mass is 9.81. The van der Waals surface area contributed by atoms with E-state index in [2.05, 4.69) is 68.7 Å². The van der Waals surface area contributed by atoms with E-state index in [0.717, 1.165) is 48.5 Å². The maximum atomic E-state index is 5.83. The Morgan fingerprint density at radius 1 is 1.20 bits per heavy atom. The molecule has 3 rings (SSSR count). The molecule has 0 radical (unpaired) electrons. The van der Waals surface area contributed by atoms with Gasteiger partial charge in [0.1, 0.15) is 0 Å². The minimum atomic E-state index is 0.0308. The van der Waals surface area contributed by atoms with Gasteiger partial charge in [0.2, 0.25) is 0 Å². The standard InChI is InChI=1S/C26H36N4/c1-7-28-18(3)24(30-17(2)19-11-13-21(27)14-12-19)15-20-16-29-25-22(20)9-8-10-23(25)26(4,5)6/h9,11-14,16,24,28-30H,2-3,7-8,10,15,27H2,1,4-6H3. The number of nitrogen functional groups attached to an aromatic ring is 1. The van der Waals surface area contributed by atoms with Crippen molar-refractivity contribution in [3.63, 3.8) is 0 Å². The Balaban J connectivity index is 1.90. The van der Waals surface area contributed by atoms with Crippen LogP contribution in [0.15, 0.2) is 49.3 Å². The van der Waals surface area contributed by atoms with Crippen LogP contribution in [0.1, 0.15) is 51.7 Å². The van der Waals surface area contributed by atoms with Gasteiger partial charge < -0.3 is 21.4 Å². The first-order valence-electron chi connectivity index (χ1n) is 10.8. The van der Waals surface area contributed by atoms with E-state index in [1.165, 1.54) is 21.7 Å². The van der Waals surface area contributed by atoms with E-state index in [9.17, 15) is 0 Å². The highest BCUT2D eigenvalue weighted by atomic mass is 15.0. The molecule has 4 nitrogen and oxygen atoms in total. The van der Waals surface area contributed by atoms with Crippen molar-refractivity contribution in [2.75, 3.05) is 12.3 Å². The van der Waals surface area contributed by atoms with Gasteiger partial charge in [-0.1, -0.05) is 52.1 Å². The van der Waals surface area contributed by atoms with Crippen LogP contribution in [0.2, 0.25) is 0 Å². The summed E-state index contributed by atoms with van der Waals surface area (Å²) in [4.78, 5) is 3.57. The van der Waals surface area contributed by atoms with Crippen molar-refractivity contribution in [2.24, 2.45) is 5.41 Å². The van der Waals surface area contributed by atoms with Gasteiger partial charge >= 0.3 is 0 Å². The van der Waals surface area contributed by atoms with Crippen LogP contribution >= 0.6 is 0 Å². The summed E-state index contributed by atoms with van der Waals surface area (Å²) < 4.78 is 0. The molecule has 4 heteroatoms. The van der Waals surface area contributed by atoms with Crippen LogP contribution in [0.4, 0.5) is 5.69 Å². The Kier molecular flexibility index (Phi) is 6.45. The van der Waals surface area contributed by atoms with Gasteiger partial charge in [-0.15, -0.1) is 0 Å². The molecule has 1 heterocycles. The van der Waals surface area contributed by atoms with Crippen LogP contribution in [0.25, 0.3) is 17.3 Å². The first-order chi connectivity index (χ1) is 14.2. The van der Waals surface area contributed by atoms with Gasteiger partial charge in [0.15, 0.2) is 0 Å². The van der Waals surface area contributed by atoms with Gasteiger partial charge in [0.05, 0.1) is 6.04 Å². The Morgan fingerprint density at radius 2 is 1.90 bits per heavy atom. The molecule has 1 aromatic heterocycles. The normalized spacial score (nSPS) is 14.5. The lowest BCUT2D eigenvalue weighted by molar-refractivity contribution is 0.541. The van der Waals surface area contributed by atoms with Crippen molar-refractivity contribution in [1.29, 1.82) is 0 Å². The number of benzene rings is 1. The van der Waals surface area contributed by atoms with E-state index in [0.29, 0.717) is 0 Å². The Hall–Kier alpha value is -2.88. The Labute approximate surface area is 180 Å². The van der Waals surface area contributed by atoms with E-state index in [4.69, 9.17) is 5.73 Å². The summed E-state index contributed by atoms with van der Waals surface area (Å²) in [5.74, 6) is 0. The SMILES string of the molecule is C=C(NC(Cc1c[nH]c2c1=CCCC=2C(C)(C)C)C(=C)NCC)c1ccc(N)cc1. The summed E-state index contributed by atoms with van der Waals surface area (Å²) in [7, 11) is 0. The van der Waals surface area contributed by atoms with E-state index < -0.39 is 0 Å². The van der Waals surface area contributed by atoms with Gasteiger partial charge in [-0.25, -0.2) is 0 Å². The summed E-state index contributed by atoms with van der Waals surface area (Å²) in [6, 6.07) is 7.82. The molecule has 1 aliphatic rings. The predicted octanol–water partition coefficient (Wildman–Crippen LogP) is 3.66. The van der Waals surface area contributed by atoms with Gasteiger partial charge in [-0.3, -0.25) is 0 Å². The molecule has 5 N–H and O–H groups in total. The van der Waals surface area contributed by atoms with Crippen molar-refractivity contribution in [3.05, 3.63) is 71.0 Å². The number of nitrogens with two attached hydrogens (primary N) is 1. The summed E-state index contributed by atoms with van der Waals surface area (Å²) >= 11 is 0. The molecule has 1 aromatic carbocycles. The molecule has 0 saturated carbocycles. The third-order valence-corrected chi connectivity index (χ3v) is 5.81. The molecule has 30 heavy (non-hydrogen) atoms. The minimum absolute atomic E-state index is 0.0308. The van der Waals surface area contributed by atoms with Crippen molar-refractivity contribution in [2.45, 2.75) is 53.0 Å². The number of aromatic nitrogens is 1. The molecule has 1 aliphatic carbocycles. The second-order valence-corrected chi connectivity index (χ2v) is 9.13. The monoisotopic (exact) mass is 404 g/mol. The lowest BCUT2D eigenvalue weighted by Crippen LogP contribution is -2.39. The highest BCUT2D eigenvalue weighted by Gasteiger charge is 2.22. The second kappa shape index (κ2) is 8.86. The summed E-state index contributed by atoms with van der Waals surface area (Å²) in [6.07, 6.45) is 7.58. The summed E-state index contributed by atoms with van der Waals surface area (Å²) in [5.41, 5.74) is 12.4. The average molecular weight is 405 g/mol. The number of rotatable bonds is 8. The fourth-order valence-corrected chi connectivity index (χ4v) is 4.17. The van der Waals surface area contributed by atoms with Gasteiger partial charge in [0.25, 0.3) is 0 Å². The van der Waals surface area contributed by atoms with Crippen LogP contribution in [-0.2, 0) is 6.42 Å². The molecule has 160 valence electrons. The molecule has 0 fully saturated rings. The molecular formula is C26H36N4. The van der Waals surface area contributed by atoms with Crippen molar-refractivity contribution in [3.8, 4) is 0 Å². The van der Waals surface area contributed by atoms with Gasteiger partial charge in [-0.2, -0.15) is 0 Å². The summed E-state index contributed by atoms with van der Waals surface area (Å²) in [5, 5.41) is 9.63. The molecule has 0 spiro atoms. The molecule has 0 amide bonds. The molecule has 2 aromatic rings. The fraction of sp³-hybridized carbons (Fsp3) is 0.385. The average Bonchev–Trinajstić information content (AvgIpc) is 3.10. The van der Waals surface area contributed by atoms with Crippen molar-refractivity contribution in [1.82, 2.24) is 15.6 Å². The maximum absolute atomic E-state index is 5.83. The Morgan fingerprint density at radius 3 is 2.53 bits per heavy atom. The van der Waals surface area contributed by atoms with Crippen molar-refractivity contribution >= 4 is 23.0 Å². The largest absolute Gasteiger partial charge is 0.399 e. The van der Waals surface area contributed by atoms with Crippen LogP contribution in [0.3, 0.4) is 0 Å². The quantitative estimate of drug-likeness (QED) is 0.508. The highest BCUT2D eigenvalue weighted by Crippen LogP contribution is 2.30. The van der Waals surface area contributed by atoms with E-state index >= 15 is 0 Å². The van der Waals surface area contributed by atoms with Gasteiger partial charge in [-0.05, 0) is 59.2 Å². The van der Waals surface area contributed by atoms with Crippen LogP contribution < -0.4 is 26.9 Å². The minimum Gasteiger partial charge on any atom is -0.399 e. The van der Waals surface area contributed by atoms with Crippen molar-refractivity contribution < 1.29 is 0 Å². The van der Waals surface area contributed by atoms with Crippen LogP contribution in [0.5, 0.6) is 0 Å².